The smallest absolute Gasteiger partial charge is 0.353 e. The molecule has 0 saturated carbocycles. The van der Waals surface area contributed by atoms with Gasteiger partial charge in [0.1, 0.15) is 17.1 Å². The number of halogens is 1. The maximum Gasteiger partial charge on any atom is 0.353 e. The van der Waals surface area contributed by atoms with Gasteiger partial charge in [-0.05, 0) is 0 Å². The summed E-state index contributed by atoms with van der Waals surface area (Å²) in [7, 11) is 0. The highest BCUT2D eigenvalue weighted by Gasteiger charge is 2.51. The number of hydrogen-bond acceptors (Lipinski definition) is 7. The van der Waals surface area contributed by atoms with Crippen molar-refractivity contribution in [2.75, 3.05) is 5.75 Å². The molecule has 1 fully saturated rings. The van der Waals surface area contributed by atoms with Gasteiger partial charge in [0.05, 0.1) is 5.69 Å². The van der Waals surface area contributed by atoms with Gasteiger partial charge >= 0.3 is 5.97 Å². The van der Waals surface area contributed by atoms with Crippen molar-refractivity contribution in [2.24, 2.45) is 5.73 Å². The van der Waals surface area contributed by atoms with Gasteiger partial charge in [-0.15, -0.1) is 35.9 Å². The minimum atomic E-state index is -1.10. The van der Waals surface area contributed by atoms with Crippen molar-refractivity contribution in [2.45, 2.75) is 17.2 Å². The molecular formula is C12H13ClN4O3S2. The quantitative estimate of drug-likeness (QED) is 0.754. The van der Waals surface area contributed by atoms with E-state index in [0.29, 0.717) is 16.4 Å². The van der Waals surface area contributed by atoms with Gasteiger partial charge in [-0.3, -0.25) is 19.7 Å². The van der Waals surface area contributed by atoms with Gasteiger partial charge in [0.2, 0.25) is 5.91 Å². The summed E-state index contributed by atoms with van der Waals surface area (Å²) in [6.45, 7) is 0. The number of carbonyl (C=O) groups is 2. The Bertz CT molecular complexity index is 628. The second kappa shape index (κ2) is 6.86. The predicted octanol–water partition coefficient (Wildman–Crippen LogP) is 0.670. The molecule has 3 N–H and O–H groups in total. The van der Waals surface area contributed by atoms with Crippen LogP contribution in [-0.4, -0.2) is 49.0 Å². The number of carboxylic acid groups (broad SMARTS) is 1. The lowest BCUT2D eigenvalue weighted by atomic mass is 10.1. The topological polar surface area (TPSA) is 109 Å². The van der Waals surface area contributed by atoms with Gasteiger partial charge < -0.3 is 10.8 Å². The summed E-state index contributed by atoms with van der Waals surface area (Å²) in [5, 5.41) is 9.13. The van der Waals surface area contributed by atoms with Crippen molar-refractivity contribution in [1.82, 2.24) is 14.9 Å². The maximum atomic E-state index is 11.8. The Balaban J connectivity index is 0.00000176. The van der Waals surface area contributed by atoms with Gasteiger partial charge in [0.15, 0.2) is 0 Å². The molecule has 118 valence electrons. The Labute approximate surface area is 141 Å². The first-order valence-electron chi connectivity index (χ1n) is 6.14. The van der Waals surface area contributed by atoms with Crippen molar-refractivity contribution >= 4 is 47.8 Å². The highest BCUT2D eigenvalue weighted by molar-refractivity contribution is 8.05. The minimum absolute atomic E-state index is 0. The molecule has 2 aliphatic heterocycles. The van der Waals surface area contributed by atoms with E-state index >= 15 is 0 Å². The highest BCUT2D eigenvalue weighted by atomic mass is 35.5. The Morgan fingerprint density at radius 1 is 1.55 bits per heavy atom. The van der Waals surface area contributed by atoms with Crippen LogP contribution in [-0.2, 0) is 15.3 Å². The number of β-lactam (4-membered cyclic amide) rings is 1. The first-order valence-corrected chi connectivity index (χ1v) is 8.17. The van der Waals surface area contributed by atoms with E-state index in [1.165, 1.54) is 28.4 Å². The first-order chi connectivity index (χ1) is 10.1. The van der Waals surface area contributed by atoms with Crippen LogP contribution in [0.15, 0.2) is 29.2 Å². The largest absolute Gasteiger partial charge is 0.477 e. The third-order valence-corrected chi connectivity index (χ3v) is 5.80. The summed E-state index contributed by atoms with van der Waals surface area (Å²) in [6, 6.07) is -0.601. The Hall–Kier alpha value is -1.29. The predicted molar refractivity (Wildman–Crippen MR) is 86.3 cm³/mol. The van der Waals surface area contributed by atoms with Crippen LogP contribution in [0.3, 0.4) is 0 Å². The van der Waals surface area contributed by atoms with E-state index in [4.69, 9.17) is 5.73 Å². The number of aliphatic carboxylic acids is 1. The number of nitrogens with zero attached hydrogens (tertiary/aromatic N) is 3. The fourth-order valence-corrected chi connectivity index (χ4v) is 4.64. The van der Waals surface area contributed by atoms with Crippen LogP contribution in [0.2, 0.25) is 0 Å². The minimum Gasteiger partial charge on any atom is -0.477 e. The standard InChI is InChI=1S/C12H12N4O3S2.ClH/c13-8-10(17)16-9(12(18)19)7(5-21-11(8)16)20-4-6-3-14-1-2-15-6;/h1-3,8,11H,4-5,13H2,(H,18,19);1H/t8-,11-;/m1./s1. The molecule has 1 aromatic heterocycles. The molecule has 0 aliphatic carbocycles. The van der Waals surface area contributed by atoms with Gasteiger partial charge in [-0.25, -0.2) is 4.79 Å². The lowest BCUT2D eigenvalue weighted by molar-refractivity contribution is -0.147. The van der Waals surface area contributed by atoms with E-state index in [2.05, 4.69) is 9.97 Å². The summed E-state index contributed by atoms with van der Waals surface area (Å²) in [4.78, 5) is 33.3. The molecular weight excluding hydrogens is 348 g/mol. The number of fused-ring (bicyclic) bond motifs is 1. The summed E-state index contributed by atoms with van der Waals surface area (Å²) in [6.07, 6.45) is 4.81. The number of thioether (sulfide) groups is 2. The number of rotatable bonds is 4. The average Bonchev–Trinajstić information content (AvgIpc) is 2.52. The van der Waals surface area contributed by atoms with Crippen LogP contribution in [0.5, 0.6) is 0 Å². The summed E-state index contributed by atoms with van der Waals surface area (Å²) in [5.41, 5.74) is 6.51. The van der Waals surface area contributed by atoms with Crippen LogP contribution in [0.4, 0.5) is 0 Å². The van der Waals surface area contributed by atoms with E-state index < -0.39 is 12.0 Å². The molecule has 1 amide bonds. The molecule has 10 heteroatoms. The molecule has 3 heterocycles. The molecule has 3 rings (SSSR count). The van der Waals surface area contributed by atoms with Gasteiger partial charge in [-0.1, -0.05) is 0 Å². The number of hydrogen-bond donors (Lipinski definition) is 2. The Kier molecular flexibility index (Phi) is 5.32. The Morgan fingerprint density at radius 3 is 2.95 bits per heavy atom. The first kappa shape index (κ1) is 17.1. The molecule has 0 spiro atoms. The molecule has 22 heavy (non-hydrogen) atoms. The lowest BCUT2D eigenvalue weighted by Gasteiger charge is -2.47. The third kappa shape index (κ3) is 2.94. The SMILES string of the molecule is Cl.N[C@@H]1C(=O)N2C(C(=O)O)=C(SCc3cnccn3)CS[C@H]12. The van der Waals surface area contributed by atoms with Crippen molar-refractivity contribution in [3.05, 3.63) is 34.9 Å². The molecule has 0 unspecified atom stereocenters. The third-order valence-electron chi connectivity index (χ3n) is 3.19. The second-order valence-corrected chi connectivity index (χ2v) is 6.67. The van der Waals surface area contributed by atoms with Crippen molar-refractivity contribution in [3.8, 4) is 0 Å². The van der Waals surface area contributed by atoms with E-state index in [9.17, 15) is 14.7 Å². The van der Waals surface area contributed by atoms with Crippen molar-refractivity contribution in [1.29, 1.82) is 0 Å². The second-order valence-electron chi connectivity index (χ2n) is 4.50. The number of carbonyl (C=O) groups excluding carboxylic acids is 1. The van der Waals surface area contributed by atoms with E-state index in [-0.39, 0.29) is 29.4 Å². The molecule has 7 nitrogen and oxygen atoms in total. The van der Waals surface area contributed by atoms with Gasteiger partial charge in [0, 0.05) is 35.0 Å². The van der Waals surface area contributed by atoms with Gasteiger partial charge in [-0.2, -0.15) is 0 Å². The van der Waals surface area contributed by atoms with Gasteiger partial charge in [0.25, 0.3) is 0 Å². The number of nitrogens with two attached hydrogens (primary N) is 1. The number of carboxylic acids is 1. The maximum absolute atomic E-state index is 11.8. The fraction of sp³-hybridized carbons (Fsp3) is 0.333. The fourth-order valence-electron chi connectivity index (χ4n) is 2.16. The number of amides is 1. The molecule has 0 radical (unpaired) electrons. The van der Waals surface area contributed by atoms with Crippen LogP contribution in [0, 0.1) is 0 Å². The molecule has 1 aromatic rings. The molecule has 0 aromatic carbocycles. The zero-order valence-corrected chi connectivity index (χ0v) is 13.7. The van der Waals surface area contributed by atoms with Crippen molar-refractivity contribution < 1.29 is 14.7 Å². The number of aromatic nitrogens is 2. The highest BCUT2D eigenvalue weighted by Crippen LogP contribution is 2.43. The molecule has 2 atom stereocenters. The van der Waals surface area contributed by atoms with Crippen LogP contribution < -0.4 is 5.73 Å². The van der Waals surface area contributed by atoms with E-state index in [0.717, 1.165) is 5.69 Å². The van der Waals surface area contributed by atoms with Crippen LogP contribution in [0.25, 0.3) is 0 Å². The van der Waals surface area contributed by atoms with E-state index in [1.54, 1.807) is 18.6 Å². The summed E-state index contributed by atoms with van der Waals surface area (Å²) in [5.74, 6) is -0.377. The van der Waals surface area contributed by atoms with Crippen LogP contribution >= 0.6 is 35.9 Å². The monoisotopic (exact) mass is 360 g/mol. The molecule has 0 bridgehead atoms. The summed E-state index contributed by atoms with van der Waals surface area (Å²) < 4.78 is 0. The van der Waals surface area contributed by atoms with Crippen molar-refractivity contribution in [3.63, 3.8) is 0 Å². The summed E-state index contributed by atoms with van der Waals surface area (Å²) >= 11 is 2.86. The Morgan fingerprint density at radius 2 is 2.32 bits per heavy atom. The molecule has 2 aliphatic rings. The normalized spacial score (nSPS) is 23.5. The van der Waals surface area contributed by atoms with E-state index in [1.807, 2.05) is 0 Å². The lowest BCUT2D eigenvalue weighted by Crippen LogP contribution is -2.68. The molecule has 1 saturated heterocycles. The van der Waals surface area contributed by atoms with Crippen LogP contribution in [0.1, 0.15) is 5.69 Å². The zero-order chi connectivity index (χ0) is 15.0. The zero-order valence-electron chi connectivity index (χ0n) is 11.2. The average molecular weight is 361 g/mol.